The van der Waals surface area contributed by atoms with Crippen molar-refractivity contribution in [3.63, 3.8) is 0 Å². The third-order valence-corrected chi connectivity index (χ3v) is 0.555. The van der Waals surface area contributed by atoms with Gasteiger partial charge in [0.05, 0.1) is 19.6 Å². The highest BCUT2D eigenvalue weighted by molar-refractivity contribution is 5.87. The van der Waals surface area contributed by atoms with Crippen molar-refractivity contribution < 1.29 is 14.3 Å². The predicted octanol–water partition coefficient (Wildman–Crippen LogP) is 0.157. The Bertz CT molecular complexity index is 140. The number of methoxy groups -OCH3 is 1. The van der Waals surface area contributed by atoms with E-state index in [-0.39, 0.29) is 0 Å². The number of hydrogen-bond donors (Lipinski definition) is 0. The van der Waals surface area contributed by atoms with Gasteiger partial charge in [-0.1, -0.05) is 0 Å². The minimum atomic E-state index is -0.580. The quantitative estimate of drug-likeness (QED) is 0.372. The fraction of sp³-hybridized carbons (Fsp3) is 0.500. The third-order valence-electron chi connectivity index (χ3n) is 0.555. The minimum Gasteiger partial charge on any atom is -0.459 e. The Kier molecular flexibility index (Phi) is 4.33. The van der Waals surface area contributed by atoms with Gasteiger partial charge in [0.25, 0.3) is 0 Å². The van der Waals surface area contributed by atoms with E-state index in [2.05, 4.69) is 21.5 Å². The first-order valence-corrected chi connectivity index (χ1v) is 2.52. The minimum absolute atomic E-state index is 0.476. The van der Waals surface area contributed by atoms with Crippen LogP contribution < -0.4 is 0 Å². The summed E-state index contributed by atoms with van der Waals surface area (Å²) < 4.78 is 8.75. The first-order valence-electron chi connectivity index (χ1n) is 2.52. The molecule has 50 valence electrons. The van der Waals surface area contributed by atoms with Gasteiger partial charge in [-0.15, -0.1) is 0 Å². The number of carbonyl (C=O) groups excluding carboxylic acids is 1. The van der Waals surface area contributed by atoms with Gasteiger partial charge < -0.3 is 9.47 Å². The second-order valence-corrected chi connectivity index (χ2v) is 1.15. The van der Waals surface area contributed by atoms with Gasteiger partial charge in [-0.2, -0.15) is 0 Å². The molecule has 0 heterocycles. The summed E-state index contributed by atoms with van der Waals surface area (Å²) in [4.78, 5) is 10.2. The average Bonchev–Trinajstić information content (AvgIpc) is 1.89. The van der Waals surface area contributed by atoms with Crippen LogP contribution in [0.4, 0.5) is 0 Å². The van der Waals surface area contributed by atoms with Crippen molar-refractivity contribution in [3.05, 3.63) is 0 Å². The van der Waals surface area contributed by atoms with Crippen LogP contribution in [0.25, 0.3) is 0 Å². The summed E-state index contributed by atoms with van der Waals surface area (Å²) in [5, 5.41) is 0. The maximum atomic E-state index is 10.2. The molecule has 0 aliphatic carbocycles. The number of ether oxygens (including phenoxy) is 2. The number of carbonyl (C=O) groups is 1. The van der Waals surface area contributed by atoms with E-state index < -0.39 is 5.97 Å². The fourth-order valence-corrected chi connectivity index (χ4v) is 0.201. The van der Waals surface area contributed by atoms with E-state index in [9.17, 15) is 4.79 Å². The lowest BCUT2D eigenvalue weighted by atomic mass is 10.7. The largest absolute Gasteiger partial charge is 0.459 e. The van der Waals surface area contributed by atoms with Gasteiger partial charge in [-0.3, -0.25) is 0 Å². The highest BCUT2D eigenvalue weighted by Gasteiger charge is 1.87. The van der Waals surface area contributed by atoms with E-state index in [4.69, 9.17) is 0 Å². The molecule has 0 amide bonds. The Morgan fingerprint density at radius 2 is 2.33 bits per heavy atom. The number of rotatable bonds is 1. The smallest absolute Gasteiger partial charge is 0.387 e. The van der Waals surface area contributed by atoms with Gasteiger partial charge >= 0.3 is 5.97 Å². The molecule has 0 saturated carbocycles. The van der Waals surface area contributed by atoms with Gasteiger partial charge in [0.2, 0.25) is 0 Å². The van der Waals surface area contributed by atoms with Crippen molar-refractivity contribution in [2.45, 2.75) is 6.92 Å². The van der Waals surface area contributed by atoms with Crippen molar-refractivity contribution in [1.29, 1.82) is 0 Å². The molecule has 0 aromatic carbocycles. The van der Waals surface area contributed by atoms with Crippen molar-refractivity contribution in [1.82, 2.24) is 0 Å². The summed E-state index contributed by atoms with van der Waals surface area (Å²) in [5.74, 6) is 1.52. The lowest BCUT2D eigenvalue weighted by Crippen LogP contribution is -1.94. The first kappa shape index (κ1) is 7.83. The van der Waals surface area contributed by atoms with E-state index in [1.807, 2.05) is 0 Å². The van der Waals surface area contributed by atoms with Crippen LogP contribution in [0, 0.1) is 12.0 Å². The summed E-state index contributed by atoms with van der Waals surface area (Å²) >= 11 is 0. The van der Waals surface area contributed by atoms with E-state index in [0.29, 0.717) is 6.61 Å². The molecule has 0 spiro atoms. The van der Waals surface area contributed by atoms with Crippen LogP contribution in [0.3, 0.4) is 0 Å². The molecule has 0 rings (SSSR count). The van der Waals surface area contributed by atoms with Crippen LogP contribution in [0.2, 0.25) is 0 Å². The fourth-order valence-electron chi connectivity index (χ4n) is 0.201. The van der Waals surface area contributed by atoms with Gasteiger partial charge in [0.15, 0.2) is 0 Å². The third kappa shape index (κ3) is 4.69. The molecule has 9 heavy (non-hydrogen) atoms. The average molecular weight is 128 g/mol. The molecular formula is C6H8O3. The van der Waals surface area contributed by atoms with E-state index in [0.717, 1.165) is 0 Å². The Balaban J connectivity index is 3.46. The van der Waals surface area contributed by atoms with Crippen molar-refractivity contribution in [2.24, 2.45) is 0 Å². The summed E-state index contributed by atoms with van der Waals surface area (Å²) in [6.07, 6.45) is 2.16. The summed E-state index contributed by atoms with van der Waals surface area (Å²) in [7, 11) is 1.27. The summed E-state index contributed by atoms with van der Waals surface area (Å²) in [5.41, 5.74) is 0. The lowest BCUT2D eigenvalue weighted by molar-refractivity contribution is -0.133. The molecule has 0 aliphatic rings. The Morgan fingerprint density at radius 1 is 1.67 bits per heavy atom. The number of hydrogen-bond acceptors (Lipinski definition) is 3. The van der Waals surface area contributed by atoms with Crippen molar-refractivity contribution >= 4 is 5.97 Å². The monoisotopic (exact) mass is 128 g/mol. The normalized spacial score (nSPS) is 6.89. The van der Waals surface area contributed by atoms with Gasteiger partial charge in [0, 0.05) is 0 Å². The Labute approximate surface area is 54.0 Å². The predicted molar refractivity (Wildman–Crippen MR) is 31.4 cm³/mol. The standard InChI is InChI=1S/C6H8O3/c1-3-9-5-4-6(7)8-2/h3H2,1-2H3. The molecule has 0 saturated heterocycles. The molecule has 3 heteroatoms. The first-order chi connectivity index (χ1) is 4.31. The van der Waals surface area contributed by atoms with Crippen molar-refractivity contribution in [2.75, 3.05) is 13.7 Å². The second-order valence-electron chi connectivity index (χ2n) is 1.15. The summed E-state index contributed by atoms with van der Waals surface area (Å²) in [6.45, 7) is 2.26. The highest BCUT2D eigenvalue weighted by Crippen LogP contribution is 1.69. The van der Waals surface area contributed by atoms with Gasteiger partial charge in [0.1, 0.15) is 6.11 Å². The zero-order valence-corrected chi connectivity index (χ0v) is 5.43. The van der Waals surface area contributed by atoms with Crippen molar-refractivity contribution in [3.8, 4) is 12.0 Å². The molecule has 0 atom stereocenters. The van der Waals surface area contributed by atoms with E-state index in [1.54, 1.807) is 6.92 Å². The lowest BCUT2D eigenvalue weighted by Gasteiger charge is -1.85. The van der Waals surface area contributed by atoms with Crippen LogP contribution in [0.15, 0.2) is 0 Å². The molecule has 0 bridgehead atoms. The zero-order valence-electron chi connectivity index (χ0n) is 5.43. The molecule has 0 aromatic heterocycles. The van der Waals surface area contributed by atoms with Crippen LogP contribution in [0.1, 0.15) is 6.92 Å². The summed E-state index contributed by atoms with van der Waals surface area (Å²) in [6, 6.07) is 0. The van der Waals surface area contributed by atoms with Gasteiger partial charge in [-0.25, -0.2) is 4.79 Å². The second kappa shape index (κ2) is 4.98. The SMILES string of the molecule is CCOC#CC(=O)OC. The van der Waals surface area contributed by atoms with E-state index in [1.165, 1.54) is 7.11 Å². The maximum absolute atomic E-state index is 10.2. The highest BCUT2D eigenvalue weighted by atomic mass is 16.5. The topological polar surface area (TPSA) is 35.5 Å². The van der Waals surface area contributed by atoms with Crippen LogP contribution in [-0.2, 0) is 14.3 Å². The van der Waals surface area contributed by atoms with Crippen LogP contribution in [-0.4, -0.2) is 19.7 Å². The molecule has 3 nitrogen and oxygen atoms in total. The van der Waals surface area contributed by atoms with Gasteiger partial charge in [-0.05, 0) is 6.92 Å². The zero-order chi connectivity index (χ0) is 7.11. The Hall–Kier alpha value is -1.17. The Morgan fingerprint density at radius 3 is 2.78 bits per heavy atom. The molecule has 0 N–H and O–H groups in total. The molecule has 0 radical (unpaired) electrons. The number of esters is 1. The molecule has 0 fully saturated rings. The van der Waals surface area contributed by atoms with Crippen LogP contribution in [0.5, 0.6) is 0 Å². The maximum Gasteiger partial charge on any atom is 0.387 e. The molecule has 0 unspecified atom stereocenters. The molecule has 0 aliphatic heterocycles. The molecular weight excluding hydrogens is 120 g/mol. The van der Waals surface area contributed by atoms with E-state index >= 15 is 0 Å². The van der Waals surface area contributed by atoms with Crippen LogP contribution >= 0.6 is 0 Å². The molecule has 0 aromatic rings.